The summed E-state index contributed by atoms with van der Waals surface area (Å²) in [6.45, 7) is -0.128. The normalized spacial score (nSPS) is 18.5. The lowest BCUT2D eigenvalue weighted by molar-refractivity contribution is -0.125. The van der Waals surface area contributed by atoms with E-state index in [9.17, 15) is 14.7 Å². The fourth-order valence-electron chi connectivity index (χ4n) is 7.76. The molecule has 1 aromatic heterocycles. The zero-order valence-corrected chi connectivity index (χ0v) is 31.0. The third kappa shape index (κ3) is 6.83. The van der Waals surface area contributed by atoms with E-state index in [4.69, 9.17) is 25.8 Å². The van der Waals surface area contributed by atoms with Gasteiger partial charge in [0.1, 0.15) is 34.5 Å². The topological polar surface area (TPSA) is 103 Å². The molecule has 56 heavy (non-hydrogen) atoms. The first-order valence-corrected chi connectivity index (χ1v) is 18.8. The van der Waals surface area contributed by atoms with E-state index in [2.05, 4.69) is 4.98 Å². The number of halogens is 1. The van der Waals surface area contributed by atoms with Gasteiger partial charge in [-0.05, 0) is 33.4 Å². The number of nitrogens with one attached hydrogen (secondary N) is 1. The summed E-state index contributed by atoms with van der Waals surface area (Å²) < 4.78 is 22.3. The molecule has 7 aromatic rings. The largest absolute Gasteiger partial charge is 0.387 e. The van der Waals surface area contributed by atoms with Crippen molar-refractivity contribution in [3.05, 3.63) is 247 Å². The molecule has 8 rings (SSSR count). The molecule has 280 valence electrons. The summed E-state index contributed by atoms with van der Waals surface area (Å²) in [7, 11) is 0. The number of H-pyrrole nitrogens is 1. The number of aliphatic hydroxyl groups is 1. The highest BCUT2D eigenvalue weighted by Gasteiger charge is 2.52. The van der Waals surface area contributed by atoms with E-state index in [-0.39, 0.29) is 11.6 Å². The van der Waals surface area contributed by atoms with Gasteiger partial charge in [-0.1, -0.05) is 194 Å². The highest BCUT2D eigenvalue weighted by atomic mass is 35.5. The molecule has 1 saturated heterocycles. The summed E-state index contributed by atoms with van der Waals surface area (Å²) in [6.07, 6.45) is -3.62. The molecule has 9 heteroatoms. The number of rotatable bonds is 12. The molecule has 0 spiro atoms. The van der Waals surface area contributed by atoms with Crippen molar-refractivity contribution in [2.75, 3.05) is 6.61 Å². The van der Waals surface area contributed by atoms with Crippen LogP contribution in [0.2, 0.25) is 5.02 Å². The first kappa shape index (κ1) is 37.1. The Morgan fingerprint density at radius 3 is 1.32 bits per heavy atom. The van der Waals surface area contributed by atoms with E-state index >= 15 is 0 Å². The van der Waals surface area contributed by atoms with Gasteiger partial charge in [-0.2, -0.15) is 0 Å². The zero-order chi connectivity index (χ0) is 38.5. The van der Waals surface area contributed by atoms with Crippen LogP contribution in [0.4, 0.5) is 0 Å². The van der Waals surface area contributed by atoms with E-state index in [1.165, 1.54) is 10.8 Å². The minimum atomic E-state index is -1.35. The van der Waals surface area contributed by atoms with Crippen LogP contribution in [-0.2, 0) is 25.4 Å². The molecule has 0 amide bonds. The van der Waals surface area contributed by atoms with Gasteiger partial charge in [0.25, 0.3) is 5.56 Å². The van der Waals surface area contributed by atoms with Crippen LogP contribution in [-0.4, -0.2) is 39.6 Å². The Morgan fingerprint density at radius 1 is 0.589 bits per heavy atom. The van der Waals surface area contributed by atoms with Crippen molar-refractivity contribution in [3.8, 4) is 0 Å². The molecule has 2 heterocycles. The monoisotopic (exact) mass is 762 g/mol. The first-order chi connectivity index (χ1) is 27.4. The number of aliphatic hydroxyl groups excluding tert-OH is 1. The number of aromatic nitrogens is 2. The second-order valence-electron chi connectivity index (χ2n) is 13.7. The predicted octanol–water partition coefficient (Wildman–Crippen LogP) is 7.83. The van der Waals surface area contributed by atoms with Gasteiger partial charge in [-0.15, -0.1) is 0 Å². The Morgan fingerprint density at radius 2 is 0.946 bits per heavy atom. The van der Waals surface area contributed by atoms with Gasteiger partial charge in [0.05, 0.1) is 6.61 Å². The Balaban J connectivity index is 1.27. The summed E-state index contributed by atoms with van der Waals surface area (Å²) in [6, 6.07) is 58.8. The third-order valence-electron chi connectivity index (χ3n) is 10.4. The number of benzene rings is 6. The van der Waals surface area contributed by atoms with Crippen molar-refractivity contribution >= 4 is 11.6 Å². The average molecular weight is 763 g/mol. The van der Waals surface area contributed by atoms with Gasteiger partial charge in [0.2, 0.25) is 0 Å². The van der Waals surface area contributed by atoms with Crippen molar-refractivity contribution < 1.29 is 19.3 Å². The van der Waals surface area contributed by atoms with Gasteiger partial charge in [0, 0.05) is 6.20 Å². The molecule has 1 fully saturated rings. The highest BCUT2D eigenvalue weighted by Crippen LogP contribution is 2.46. The zero-order valence-electron chi connectivity index (χ0n) is 30.2. The van der Waals surface area contributed by atoms with Crippen LogP contribution in [0.15, 0.2) is 198 Å². The average Bonchev–Trinajstić information content (AvgIpc) is 3.56. The van der Waals surface area contributed by atoms with Crippen LogP contribution in [0.25, 0.3) is 0 Å². The van der Waals surface area contributed by atoms with E-state index in [0.717, 1.165) is 33.4 Å². The summed E-state index contributed by atoms with van der Waals surface area (Å²) in [4.78, 5) is 28.3. The standard InChI is InChI=1S/C47H39ClN2O6/c48-39-31-50(45(53)49-43(39)52)44-42(56-47(36-25-13-4-14-26-36,37-27-15-5-16-28-37)38-29-17-6-18-30-38)41(51)40(55-44)32-54-46(33-19-7-1-8-20-33,34-21-9-2-10-22-34)35-23-11-3-12-24-35/h1-31,40-42,44,51H,32H2,(H,49,52,53)/t40-,41-,42-,44-/m1/s1. The summed E-state index contributed by atoms with van der Waals surface area (Å²) in [5.41, 5.74) is 1.02. The van der Waals surface area contributed by atoms with Crippen LogP contribution in [0, 0.1) is 0 Å². The van der Waals surface area contributed by atoms with E-state index in [1.54, 1.807) is 0 Å². The Kier molecular flexibility index (Phi) is 10.6. The quantitative estimate of drug-likeness (QED) is 0.123. The molecule has 0 bridgehead atoms. The van der Waals surface area contributed by atoms with Gasteiger partial charge in [-0.25, -0.2) is 4.79 Å². The molecule has 8 nitrogen and oxygen atoms in total. The fourth-order valence-corrected chi connectivity index (χ4v) is 7.91. The lowest BCUT2D eigenvalue weighted by atomic mass is 9.79. The molecule has 1 aliphatic heterocycles. The smallest absolute Gasteiger partial charge is 0.330 e. The van der Waals surface area contributed by atoms with Crippen LogP contribution >= 0.6 is 11.6 Å². The summed E-state index contributed by atoms with van der Waals surface area (Å²) in [5, 5.41) is 12.3. The highest BCUT2D eigenvalue weighted by molar-refractivity contribution is 6.30. The van der Waals surface area contributed by atoms with E-state index in [1.807, 2.05) is 182 Å². The van der Waals surface area contributed by atoms with Gasteiger partial charge in [-0.3, -0.25) is 14.3 Å². The molecule has 0 saturated carbocycles. The molecular formula is C47H39ClN2O6. The van der Waals surface area contributed by atoms with Crippen LogP contribution in [0.1, 0.15) is 39.6 Å². The van der Waals surface area contributed by atoms with Crippen molar-refractivity contribution in [3.63, 3.8) is 0 Å². The lowest BCUT2D eigenvalue weighted by Crippen LogP contribution is -2.46. The maximum Gasteiger partial charge on any atom is 0.330 e. The molecular weight excluding hydrogens is 724 g/mol. The van der Waals surface area contributed by atoms with Crippen molar-refractivity contribution in [2.45, 2.75) is 35.7 Å². The van der Waals surface area contributed by atoms with Gasteiger partial charge < -0.3 is 19.3 Å². The first-order valence-electron chi connectivity index (χ1n) is 18.4. The van der Waals surface area contributed by atoms with Crippen molar-refractivity contribution in [1.82, 2.24) is 9.55 Å². The number of nitrogens with zero attached hydrogens (tertiary/aromatic N) is 1. The van der Waals surface area contributed by atoms with Gasteiger partial charge >= 0.3 is 5.69 Å². The second kappa shape index (κ2) is 16.1. The molecule has 0 aliphatic carbocycles. The Bertz CT molecular complexity index is 2270. The maximum absolute atomic E-state index is 13.6. The van der Waals surface area contributed by atoms with Crippen LogP contribution in [0.5, 0.6) is 0 Å². The molecule has 6 aromatic carbocycles. The Labute approximate surface area is 329 Å². The minimum absolute atomic E-state index is 0.128. The second-order valence-corrected chi connectivity index (χ2v) is 14.1. The Hall–Kier alpha value is -5.87. The van der Waals surface area contributed by atoms with Crippen molar-refractivity contribution in [1.29, 1.82) is 0 Å². The maximum atomic E-state index is 13.6. The molecule has 0 unspecified atom stereocenters. The number of hydrogen-bond donors (Lipinski definition) is 2. The van der Waals surface area contributed by atoms with Gasteiger partial charge in [0.15, 0.2) is 6.23 Å². The van der Waals surface area contributed by atoms with E-state index in [0.29, 0.717) is 0 Å². The van der Waals surface area contributed by atoms with Crippen LogP contribution < -0.4 is 11.2 Å². The lowest BCUT2D eigenvalue weighted by Gasteiger charge is -2.40. The van der Waals surface area contributed by atoms with E-state index < -0.39 is 47.0 Å². The molecule has 0 radical (unpaired) electrons. The SMILES string of the molecule is O=c1[nH]c(=O)n([C@@H]2O[C@H](COC(c3ccccc3)(c3ccccc3)c3ccccc3)[C@@H](O)[C@H]2OC(c2ccccc2)(c2ccccc2)c2ccccc2)cc1Cl. The number of aromatic amines is 1. The minimum Gasteiger partial charge on any atom is -0.387 e. The fraction of sp³-hybridized carbons (Fsp3) is 0.149. The summed E-state index contributed by atoms with van der Waals surface area (Å²) >= 11 is 6.34. The van der Waals surface area contributed by atoms with Crippen LogP contribution in [0.3, 0.4) is 0 Å². The summed E-state index contributed by atoms with van der Waals surface area (Å²) in [5.74, 6) is 0. The molecule has 2 N–H and O–H groups in total. The predicted molar refractivity (Wildman–Crippen MR) is 215 cm³/mol. The number of hydrogen-bond acceptors (Lipinski definition) is 6. The molecule has 1 aliphatic rings. The third-order valence-corrected chi connectivity index (χ3v) is 10.6. The number of ether oxygens (including phenoxy) is 3. The van der Waals surface area contributed by atoms with Crippen molar-refractivity contribution in [2.24, 2.45) is 0 Å². The molecule has 4 atom stereocenters.